The highest BCUT2D eigenvalue weighted by atomic mass is 32.1. The Kier molecular flexibility index (Phi) is 6.62. The molecular formula is C25H37N5OSSi. The molecule has 0 saturated carbocycles. The van der Waals surface area contributed by atoms with Crippen molar-refractivity contribution in [2.24, 2.45) is 0 Å². The second-order valence-corrected chi connectivity index (χ2v) is 17.3. The second-order valence-electron chi connectivity index (χ2n) is 11.0. The van der Waals surface area contributed by atoms with Crippen molar-refractivity contribution in [1.29, 1.82) is 0 Å². The number of pyridine rings is 1. The van der Waals surface area contributed by atoms with Gasteiger partial charge < -0.3 is 19.5 Å². The van der Waals surface area contributed by atoms with Gasteiger partial charge in [0.25, 0.3) is 0 Å². The monoisotopic (exact) mass is 483 g/mol. The Morgan fingerprint density at radius 2 is 2.06 bits per heavy atom. The first-order chi connectivity index (χ1) is 15.9. The number of piperidine rings is 2. The van der Waals surface area contributed by atoms with Crippen LogP contribution < -0.4 is 10.2 Å². The summed E-state index contributed by atoms with van der Waals surface area (Å²) < 4.78 is 13.0. The van der Waals surface area contributed by atoms with E-state index in [1.807, 2.05) is 6.20 Å². The molecule has 178 valence electrons. The number of ether oxygens (including phenoxy) is 1. The third kappa shape index (κ3) is 5.04. The van der Waals surface area contributed by atoms with E-state index in [0.29, 0.717) is 6.73 Å². The Labute approximate surface area is 202 Å². The predicted molar refractivity (Wildman–Crippen MR) is 141 cm³/mol. The van der Waals surface area contributed by atoms with Gasteiger partial charge >= 0.3 is 0 Å². The predicted octanol–water partition coefficient (Wildman–Crippen LogP) is 5.58. The Balaban J connectivity index is 1.48. The quantitative estimate of drug-likeness (QED) is 0.351. The van der Waals surface area contributed by atoms with Gasteiger partial charge in [0.1, 0.15) is 12.4 Å². The van der Waals surface area contributed by atoms with Crippen LogP contribution in [-0.4, -0.2) is 53.8 Å². The van der Waals surface area contributed by atoms with E-state index in [2.05, 4.69) is 62.5 Å². The van der Waals surface area contributed by atoms with Gasteiger partial charge in [0.05, 0.1) is 16.8 Å². The lowest BCUT2D eigenvalue weighted by Gasteiger charge is -2.47. The number of nitrogens with zero attached hydrogens (tertiary/aromatic N) is 4. The van der Waals surface area contributed by atoms with Crippen LogP contribution in [0, 0.1) is 0 Å². The maximum Gasteiger partial charge on any atom is 0.144 e. The average molecular weight is 484 g/mol. The van der Waals surface area contributed by atoms with E-state index in [4.69, 9.17) is 9.72 Å². The SMILES string of the molecule is C[Si](C)(C)CCOCn1cc(-c2ccsn2)c2c(N3CCC[C@]4(CCCCN4)C3)ccnc21. The molecule has 1 N–H and O–H groups in total. The molecule has 2 aliphatic rings. The Hall–Kier alpha value is -1.74. The van der Waals surface area contributed by atoms with Crippen molar-refractivity contribution >= 4 is 36.3 Å². The average Bonchev–Trinajstić information content (AvgIpc) is 3.45. The van der Waals surface area contributed by atoms with E-state index < -0.39 is 8.07 Å². The van der Waals surface area contributed by atoms with Gasteiger partial charge in [-0.25, -0.2) is 4.98 Å². The normalized spacial score (nSPS) is 21.8. The molecule has 0 bridgehead atoms. The molecule has 0 aromatic carbocycles. The summed E-state index contributed by atoms with van der Waals surface area (Å²) in [5.41, 5.74) is 4.74. The molecule has 0 amide bonds. The molecule has 8 heteroatoms. The van der Waals surface area contributed by atoms with Crippen molar-refractivity contribution in [3.63, 3.8) is 0 Å². The zero-order valence-corrected chi connectivity index (χ0v) is 22.1. The second kappa shape index (κ2) is 9.48. The lowest BCUT2D eigenvalue weighted by atomic mass is 9.81. The van der Waals surface area contributed by atoms with Crippen molar-refractivity contribution in [2.75, 3.05) is 31.1 Å². The summed E-state index contributed by atoms with van der Waals surface area (Å²) in [4.78, 5) is 7.42. The van der Waals surface area contributed by atoms with Crippen LogP contribution in [0.4, 0.5) is 5.69 Å². The molecule has 2 aliphatic heterocycles. The van der Waals surface area contributed by atoms with E-state index in [9.17, 15) is 0 Å². The molecule has 5 rings (SSSR count). The molecule has 3 aromatic heterocycles. The lowest BCUT2D eigenvalue weighted by Crippen LogP contribution is -2.59. The van der Waals surface area contributed by atoms with Crippen LogP contribution in [0.15, 0.2) is 29.9 Å². The third-order valence-electron chi connectivity index (χ3n) is 7.18. The minimum Gasteiger partial charge on any atom is -0.369 e. The summed E-state index contributed by atoms with van der Waals surface area (Å²) in [5, 5.41) is 7.16. The van der Waals surface area contributed by atoms with Gasteiger partial charge in [-0.15, -0.1) is 0 Å². The minimum atomic E-state index is -1.11. The number of rotatable bonds is 7. The molecule has 33 heavy (non-hydrogen) atoms. The summed E-state index contributed by atoms with van der Waals surface area (Å²) in [5.74, 6) is 0. The summed E-state index contributed by atoms with van der Waals surface area (Å²) in [6.45, 7) is 11.8. The molecule has 3 aromatic rings. The molecule has 1 atom stereocenters. The lowest BCUT2D eigenvalue weighted by molar-refractivity contribution is 0.0899. The first-order valence-corrected chi connectivity index (χ1v) is 16.9. The van der Waals surface area contributed by atoms with Gasteiger partial charge in [-0.05, 0) is 61.9 Å². The van der Waals surface area contributed by atoms with E-state index in [1.54, 1.807) is 0 Å². The van der Waals surface area contributed by atoms with Crippen LogP contribution in [-0.2, 0) is 11.5 Å². The van der Waals surface area contributed by atoms with Gasteiger partial charge in [0.15, 0.2) is 0 Å². The van der Waals surface area contributed by atoms with Crippen molar-refractivity contribution in [3.8, 4) is 11.3 Å². The molecule has 0 unspecified atom stereocenters. The fourth-order valence-corrected chi connectivity index (χ4v) is 6.64. The highest BCUT2D eigenvalue weighted by molar-refractivity contribution is 7.03. The summed E-state index contributed by atoms with van der Waals surface area (Å²) in [7, 11) is -1.11. The van der Waals surface area contributed by atoms with E-state index >= 15 is 0 Å². The molecule has 2 saturated heterocycles. The van der Waals surface area contributed by atoms with Gasteiger partial charge in [0, 0.05) is 56.6 Å². The fourth-order valence-electron chi connectivity index (χ4n) is 5.36. The molecule has 6 nitrogen and oxygen atoms in total. The van der Waals surface area contributed by atoms with Crippen LogP contribution in [0.5, 0.6) is 0 Å². The summed E-state index contributed by atoms with van der Waals surface area (Å²) >= 11 is 1.51. The first-order valence-electron chi connectivity index (χ1n) is 12.4. The topological polar surface area (TPSA) is 55.2 Å². The van der Waals surface area contributed by atoms with E-state index in [1.165, 1.54) is 66.3 Å². The highest BCUT2D eigenvalue weighted by Crippen LogP contribution is 2.39. The fraction of sp³-hybridized carbons (Fsp3) is 0.600. The molecule has 5 heterocycles. The van der Waals surface area contributed by atoms with Crippen LogP contribution in [0.2, 0.25) is 25.7 Å². The number of fused-ring (bicyclic) bond motifs is 1. The zero-order chi connectivity index (χ0) is 22.9. The smallest absolute Gasteiger partial charge is 0.144 e. The van der Waals surface area contributed by atoms with E-state index in [-0.39, 0.29) is 5.54 Å². The standard InChI is InChI=1S/C25H37N5OSSi/c1-33(2,3)16-14-31-19-30-17-20(21-8-15-32-28-21)23-22(7-12-26-24(23)30)29-13-6-10-25(18-29)9-4-5-11-27-25/h7-8,12,15,17,27H,4-6,9-11,13-14,16,18-19H2,1-3H3/t25-/m1/s1. The van der Waals surface area contributed by atoms with Crippen molar-refractivity contribution in [3.05, 3.63) is 29.9 Å². The number of anilines is 1. The van der Waals surface area contributed by atoms with Crippen LogP contribution in [0.25, 0.3) is 22.3 Å². The number of hydrogen-bond acceptors (Lipinski definition) is 6. The highest BCUT2D eigenvalue weighted by Gasteiger charge is 2.37. The Morgan fingerprint density at radius 1 is 1.18 bits per heavy atom. The van der Waals surface area contributed by atoms with Crippen LogP contribution >= 0.6 is 11.5 Å². The summed E-state index contributed by atoms with van der Waals surface area (Å²) in [6, 6.07) is 5.50. The van der Waals surface area contributed by atoms with Crippen molar-refractivity contribution < 1.29 is 4.74 Å². The van der Waals surface area contributed by atoms with Crippen LogP contribution in [0.1, 0.15) is 32.1 Å². The zero-order valence-electron chi connectivity index (χ0n) is 20.3. The number of nitrogens with one attached hydrogen (secondary N) is 1. The van der Waals surface area contributed by atoms with Gasteiger partial charge in [0.2, 0.25) is 0 Å². The molecule has 2 fully saturated rings. The summed E-state index contributed by atoms with van der Waals surface area (Å²) in [6.07, 6.45) is 10.6. The minimum absolute atomic E-state index is 0.259. The van der Waals surface area contributed by atoms with Gasteiger partial charge in [-0.3, -0.25) is 0 Å². The number of hydrogen-bond donors (Lipinski definition) is 1. The Morgan fingerprint density at radius 3 is 2.82 bits per heavy atom. The van der Waals surface area contributed by atoms with Gasteiger partial charge in [-0.1, -0.05) is 26.1 Å². The van der Waals surface area contributed by atoms with Crippen molar-refractivity contribution in [1.82, 2.24) is 19.2 Å². The van der Waals surface area contributed by atoms with Crippen molar-refractivity contribution in [2.45, 2.75) is 70.1 Å². The molecule has 1 spiro atoms. The maximum atomic E-state index is 6.13. The van der Waals surface area contributed by atoms with Crippen LogP contribution in [0.3, 0.4) is 0 Å². The van der Waals surface area contributed by atoms with Gasteiger partial charge in [-0.2, -0.15) is 4.37 Å². The largest absolute Gasteiger partial charge is 0.369 e. The first kappa shape index (κ1) is 23.0. The number of aromatic nitrogens is 3. The maximum absolute atomic E-state index is 6.13. The molecule has 0 radical (unpaired) electrons. The third-order valence-corrected chi connectivity index (χ3v) is 9.44. The van der Waals surface area contributed by atoms with E-state index in [0.717, 1.165) is 37.6 Å². The molecular weight excluding hydrogens is 446 g/mol. The molecule has 0 aliphatic carbocycles. The Bertz CT molecular complexity index is 1060.